The molecule has 0 radical (unpaired) electrons. The SMILES string of the molecule is CC1(CN)CCN(C(=O)CS(=O)(=O)Cc2ccc(Br)cc2)C1. The van der Waals surface area contributed by atoms with Gasteiger partial charge in [-0.2, -0.15) is 0 Å². The molecule has 1 atom stereocenters. The molecule has 1 aliphatic heterocycles. The molecule has 22 heavy (non-hydrogen) atoms. The van der Waals surface area contributed by atoms with Crippen LogP contribution < -0.4 is 5.73 Å². The van der Waals surface area contributed by atoms with E-state index in [1.54, 1.807) is 29.2 Å². The molecule has 1 aromatic rings. The van der Waals surface area contributed by atoms with Gasteiger partial charge in [-0.15, -0.1) is 0 Å². The highest BCUT2D eigenvalue weighted by Crippen LogP contribution is 2.28. The maximum absolute atomic E-state index is 12.2. The number of halogens is 1. The minimum Gasteiger partial charge on any atom is -0.341 e. The fraction of sp³-hybridized carbons (Fsp3) is 0.533. The van der Waals surface area contributed by atoms with Crippen LogP contribution in [0.3, 0.4) is 0 Å². The molecule has 0 aromatic heterocycles. The Bertz CT molecular complexity index is 645. The summed E-state index contributed by atoms with van der Waals surface area (Å²) < 4.78 is 25.3. The summed E-state index contributed by atoms with van der Waals surface area (Å²) in [5.74, 6) is -0.883. The van der Waals surface area contributed by atoms with Crippen LogP contribution in [0.15, 0.2) is 28.7 Å². The summed E-state index contributed by atoms with van der Waals surface area (Å²) in [6, 6.07) is 7.07. The van der Waals surface area contributed by atoms with Gasteiger partial charge in [0.15, 0.2) is 9.84 Å². The summed E-state index contributed by atoms with van der Waals surface area (Å²) in [6.45, 7) is 3.65. The molecule has 2 N–H and O–H groups in total. The first-order valence-electron chi connectivity index (χ1n) is 7.16. The number of hydrogen-bond acceptors (Lipinski definition) is 4. The molecule has 1 aromatic carbocycles. The van der Waals surface area contributed by atoms with Crippen molar-refractivity contribution in [3.8, 4) is 0 Å². The highest BCUT2D eigenvalue weighted by Gasteiger charge is 2.35. The second-order valence-electron chi connectivity index (χ2n) is 6.24. The highest BCUT2D eigenvalue weighted by molar-refractivity contribution is 9.10. The normalized spacial score (nSPS) is 22.0. The van der Waals surface area contributed by atoms with Gasteiger partial charge in [-0.1, -0.05) is 35.0 Å². The molecule has 0 aliphatic carbocycles. The second kappa shape index (κ2) is 6.68. The van der Waals surface area contributed by atoms with E-state index in [4.69, 9.17) is 5.73 Å². The van der Waals surface area contributed by atoms with E-state index in [0.29, 0.717) is 25.2 Å². The highest BCUT2D eigenvalue weighted by atomic mass is 79.9. The van der Waals surface area contributed by atoms with Crippen LogP contribution >= 0.6 is 15.9 Å². The molecule has 0 spiro atoms. The molecule has 122 valence electrons. The van der Waals surface area contributed by atoms with Crippen LogP contribution in [0.2, 0.25) is 0 Å². The molecule has 1 aliphatic rings. The van der Waals surface area contributed by atoms with Crippen molar-refractivity contribution in [2.45, 2.75) is 19.1 Å². The Morgan fingerprint density at radius 2 is 2.00 bits per heavy atom. The lowest BCUT2D eigenvalue weighted by atomic mass is 9.90. The van der Waals surface area contributed by atoms with Gasteiger partial charge in [0.05, 0.1) is 5.75 Å². The van der Waals surface area contributed by atoms with Crippen molar-refractivity contribution < 1.29 is 13.2 Å². The zero-order valence-corrected chi connectivity index (χ0v) is 15.0. The number of sulfone groups is 1. The van der Waals surface area contributed by atoms with Crippen LogP contribution in [0.5, 0.6) is 0 Å². The van der Waals surface area contributed by atoms with Crippen molar-refractivity contribution in [1.29, 1.82) is 0 Å². The Morgan fingerprint density at radius 3 is 2.55 bits per heavy atom. The van der Waals surface area contributed by atoms with Crippen LogP contribution in [0, 0.1) is 5.41 Å². The predicted octanol–water partition coefficient (Wildman–Crippen LogP) is 1.56. The third kappa shape index (κ3) is 4.54. The summed E-state index contributed by atoms with van der Waals surface area (Å²) in [5, 5.41) is 0. The molecular formula is C15H21BrN2O3S. The van der Waals surface area contributed by atoms with Crippen molar-refractivity contribution in [1.82, 2.24) is 4.90 Å². The number of carbonyl (C=O) groups excluding carboxylic acids is 1. The number of likely N-dealkylation sites (tertiary alicyclic amines) is 1. The summed E-state index contributed by atoms with van der Waals surface area (Å²) >= 11 is 3.31. The van der Waals surface area contributed by atoms with Crippen molar-refractivity contribution in [2.24, 2.45) is 11.1 Å². The van der Waals surface area contributed by atoms with Gasteiger partial charge in [0.1, 0.15) is 5.75 Å². The lowest BCUT2D eigenvalue weighted by molar-refractivity contribution is -0.127. The first-order chi connectivity index (χ1) is 10.2. The first kappa shape index (κ1) is 17.4. The predicted molar refractivity (Wildman–Crippen MR) is 90.0 cm³/mol. The van der Waals surface area contributed by atoms with Crippen molar-refractivity contribution >= 4 is 31.7 Å². The Labute approximate surface area is 139 Å². The third-order valence-electron chi connectivity index (χ3n) is 4.05. The topological polar surface area (TPSA) is 80.5 Å². The summed E-state index contributed by atoms with van der Waals surface area (Å²) in [5.41, 5.74) is 6.30. The number of benzene rings is 1. The van der Waals surface area contributed by atoms with E-state index < -0.39 is 15.6 Å². The standard InChI is InChI=1S/C15H21BrN2O3S/c1-15(10-17)6-7-18(11-15)14(19)9-22(20,21)8-12-2-4-13(16)5-3-12/h2-5H,6-11,17H2,1H3. The Hall–Kier alpha value is -0.920. The minimum absolute atomic E-state index is 0.0921. The molecule has 1 amide bonds. The monoisotopic (exact) mass is 388 g/mol. The van der Waals surface area contributed by atoms with E-state index >= 15 is 0 Å². The maximum Gasteiger partial charge on any atom is 0.237 e. The smallest absolute Gasteiger partial charge is 0.237 e. The Balaban J connectivity index is 1.97. The molecule has 2 rings (SSSR count). The number of hydrogen-bond donors (Lipinski definition) is 1. The van der Waals surface area contributed by atoms with Gasteiger partial charge in [0, 0.05) is 17.6 Å². The summed E-state index contributed by atoms with van der Waals surface area (Å²) in [6.07, 6.45) is 0.821. The molecule has 0 saturated carbocycles. The largest absolute Gasteiger partial charge is 0.341 e. The second-order valence-corrected chi connectivity index (χ2v) is 9.22. The lowest BCUT2D eigenvalue weighted by Gasteiger charge is -2.22. The average Bonchev–Trinajstić information content (AvgIpc) is 2.84. The van der Waals surface area contributed by atoms with E-state index in [1.807, 2.05) is 6.92 Å². The van der Waals surface area contributed by atoms with E-state index in [9.17, 15) is 13.2 Å². The van der Waals surface area contributed by atoms with Crippen molar-refractivity contribution in [3.05, 3.63) is 34.3 Å². The molecule has 1 saturated heterocycles. The number of amides is 1. The quantitative estimate of drug-likeness (QED) is 0.829. The average molecular weight is 389 g/mol. The van der Waals surface area contributed by atoms with Gasteiger partial charge in [0.25, 0.3) is 0 Å². The van der Waals surface area contributed by atoms with Gasteiger partial charge in [-0.25, -0.2) is 8.42 Å². The zero-order valence-electron chi connectivity index (χ0n) is 12.6. The van der Waals surface area contributed by atoms with E-state index in [2.05, 4.69) is 15.9 Å². The molecule has 0 bridgehead atoms. The van der Waals surface area contributed by atoms with Gasteiger partial charge in [0.2, 0.25) is 5.91 Å². The van der Waals surface area contributed by atoms with Crippen molar-refractivity contribution in [3.63, 3.8) is 0 Å². The van der Waals surface area contributed by atoms with E-state index in [1.165, 1.54) is 0 Å². The molecule has 1 heterocycles. The fourth-order valence-corrected chi connectivity index (χ4v) is 4.19. The maximum atomic E-state index is 12.2. The van der Waals surface area contributed by atoms with E-state index in [0.717, 1.165) is 10.9 Å². The molecular weight excluding hydrogens is 368 g/mol. The lowest BCUT2D eigenvalue weighted by Crippen LogP contribution is -2.37. The number of nitrogens with two attached hydrogens (primary N) is 1. The summed E-state index contributed by atoms with van der Waals surface area (Å²) in [4.78, 5) is 13.8. The third-order valence-corrected chi connectivity index (χ3v) is 6.04. The number of carbonyl (C=O) groups is 1. The number of rotatable bonds is 5. The summed E-state index contributed by atoms with van der Waals surface area (Å²) in [7, 11) is -3.47. The van der Waals surface area contributed by atoms with Crippen LogP contribution in [0.4, 0.5) is 0 Å². The van der Waals surface area contributed by atoms with Crippen molar-refractivity contribution in [2.75, 3.05) is 25.4 Å². The Morgan fingerprint density at radius 1 is 1.36 bits per heavy atom. The van der Waals surface area contributed by atoms with Gasteiger partial charge in [-0.05, 0) is 36.1 Å². The van der Waals surface area contributed by atoms with Crippen LogP contribution in [0.1, 0.15) is 18.9 Å². The molecule has 7 heteroatoms. The molecule has 1 unspecified atom stereocenters. The molecule has 5 nitrogen and oxygen atoms in total. The minimum atomic E-state index is -3.47. The zero-order chi connectivity index (χ0) is 16.4. The fourth-order valence-electron chi connectivity index (χ4n) is 2.57. The first-order valence-corrected chi connectivity index (χ1v) is 9.77. The van der Waals surface area contributed by atoms with Crippen LogP contribution in [0.25, 0.3) is 0 Å². The number of nitrogens with zero attached hydrogens (tertiary/aromatic N) is 1. The Kier molecular flexibility index (Phi) is 5.29. The van der Waals surface area contributed by atoms with Gasteiger partial charge < -0.3 is 10.6 Å². The van der Waals surface area contributed by atoms with Crippen LogP contribution in [-0.2, 0) is 20.4 Å². The molecule has 1 fully saturated rings. The van der Waals surface area contributed by atoms with E-state index in [-0.39, 0.29) is 17.1 Å². The van der Waals surface area contributed by atoms with Crippen LogP contribution in [-0.4, -0.2) is 44.6 Å². The van der Waals surface area contributed by atoms with Gasteiger partial charge >= 0.3 is 0 Å². The van der Waals surface area contributed by atoms with Gasteiger partial charge in [-0.3, -0.25) is 4.79 Å².